The number of hydrogen-bond acceptors (Lipinski definition) is 2. The zero-order valence-corrected chi connectivity index (χ0v) is 5.63. The van der Waals surface area contributed by atoms with Gasteiger partial charge in [0.05, 0.1) is 6.26 Å². The molecule has 0 fully saturated rings. The fourth-order valence-corrected chi connectivity index (χ4v) is 0.616. The molecule has 10 heavy (non-hydrogen) atoms. The van der Waals surface area contributed by atoms with E-state index in [1.54, 1.807) is 19.1 Å². The van der Waals surface area contributed by atoms with Crippen LogP contribution in [-0.4, -0.2) is 6.26 Å². The predicted octanol–water partition coefficient (Wildman–Crippen LogP) is 1.88. The normalized spacial score (nSPS) is 12.9. The standard InChI is InChI=1S/C8H8O2/c1-7(6-9)5-8-3-2-4-10-8/h2-6H,1H3/b7-5+/i6D. The quantitative estimate of drug-likeness (QED) is 0.460. The van der Waals surface area contributed by atoms with Crippen molar-refractivity contribution in [2.45, 2.75) is 6.92 Å². The molecule has 1 aromatic heterocycles. The number of carbonyl (C=O) groups excluding carboxylic acids is 1. The lowest BCUT2D eigenvalue weighted by molar-refractivity contribution is -0.104. The van der Waals surface area contributed by atoms with Crippen LogP contribution in [-0.2, 0) is 4.79 Å². The third-order valence-corrected chi connectivity index (χ3v) is 1.06. The number of furan rings is 1. The number of rotatable bonds is 2. The van der Waals surface area contributed by atoms with Crippen LogP contribution in [0.15, 0.2) is 28.4 Å². The Kier molecular flexibility index (Phi) is 1.65. The summed E-state index contributed by atoms with van der Waals surface area (Å²) < 4.78 is 11.7. The summed E-state index contributed by atoms with van der Waals surface area (Å²) in [5.41, 5.74) is 0.375. The smallest absolute Gasteiger partial charge is 0.145 e. The van der Waals surface area contributed by atoms with E-state index in [-0.39, 0.29) is 0 Å². The molecule has 0 aliphatic carbocycles. The van der Waals surface area contributed by atoms with Gasteiger partial charge in [-0.25, -0.2) is 0 Å². The summed E-state index contributed by atoms with van der Waals surface area (Å²) in [6.07, 6.45) is 2.38. The summed E-state index contributed by atoms with van der Waals surface area (Å²) in [6, 6.07) is 3.46. The molecule has 0 saturated carbocycles. The highest BCUT2D eigenvalue weighted by atomic mass is 16.3. The van der Waals surface area contributed by atoms with E-state index in [0.717, 1.165) is 0 Å². The highest BCUT2D eigenvalue weighted by Gasteiger charge is 1.89. The monoisotopic (exact) mass is 137 g/mol. The minimum absolute atomic E-state index is 0.375. The Bertz CT molecular complexity index is 272. The van der Waals surface area contributed by atoms with Crippen LogP contribution in [0.1, 0.15) is 14.1 Å². The molecule has 0 N–H and O–H groups in total. The molecule has 0 atom stereocenters. The summed E-state index contributed by atoms with van der Waals surface area (Å²) in [6.45, 7) is 1.58. The maximum atomic E-state index is 10.4. The lowest BCUT2D eigenvalue weighted by Crippen LogP contribution is -1.73. The van der Waals surface area contributed by atoms with Crippen LogP contribution < -0.4 is 0 Å². The van der Waals surface area contributed by atoms with E-state index in [1.165, 1.54) is 12.3 Å². The van der Waals surface area contributed by atoms with Gasteiger partial charge in [0, 0.05) is 0 Å². The maximum absolute atomic E-state index is 10.4. The van der Waals surface area contributed by atoms with Crippen molar-refractivity contribution in [3.63, 3.8) is 0 Å². The van der Waals surface area contributed by atoms with Gasteiger partial charge in [-0.05, 0) is 30.7 Å². The first kappa shape index (κ1) is 5.47. The molecule has 1 aromatic rings. The second-order valence-electron chi connectivity index (χ2n) is 1.94. The molecule has 0 unspecified atom stereocenters. The van der Waals surface area contributed by atoms with Gasteiger partial charge in [0.25, 0.3) is 0 Å². The van der Waals surface area contributed by atoms with Crippen LogP contribution in [0.5, 0.6) is 0 Å². The van der Waals surface area contributed by atoms with Gasteiger partial charge in [0.15, 0.2) is 0 Å². The largest absolute Gasteiger partial charge is 0.465 e. The first-order valence-corrected chi connectivity index (χ1v) is 2.93. The second kappa shape index (κ2) is 3.01. The minimum Gasteiger partial charge on any atom is -0.465 e. The summed E-state index contributed by atoms with van der Waals surface area (Å²) in [5, 5.41) is 0. The highest BCUT2D eigenvalue weighted by Crippen LogP contribution is 2.04. The third kappa shape index (κ3) is 1.58. The number of allylic oxidation sites excluding steroid dienone is 1. The molecular weight excluding hydrogens is 128 g/mol. The lowest BCUT2D eigenvalue weighted by atomic mass is 10.3. The summed E-state index contributed by atoms with van der Waals surface area (Å²) in [4.78, 5) is 10.4. The van der Waals surface area contributed by atoms with E-state index in [1.807, 2.05) is 0 Å². The molecule has 0 spiro atoms. The van der Waals surface area contributed by atoms with Gasteiger partial charge in [-0.1, -0.05) is 0 Å². The molecule has 2 nitrogen and oxygen atoms in total. The fraction of sp³-hybridized carbons (Fsp3) is 0.125. The van der Waals surface area contributed by atoms with Crippen molar-refractivity contribution in [3.05, 3.63) is 29.7 Å². The molecule has 52 valence electrons. The average Bonchev–Trinajstić information content (AvgIpc) is 2.39. The molecule has 0 amide bonds. The van der Waals surface area contributed by atoms with Gasteiger partial charge in [-0.15, -0.1) is 0 Å². The topological polar surface area (TPSA) is 30.2 Å². The Morgan fingerprint density at radius 3 is 3.20 bits per heavy atom. The van der Waals surface area contributed by atoms with Crippen LogP contribution in [0.3, 0.4) is 0 Å². The molecule has 0 radical (unpaired) electrons. The number of carbonyl (C=O) groups is 1. The van der Waals surface area contributed by atoms with E-state index < -0.39 is 6.26 Å². The van der Waals surface area contributed by atoms with Gasteiger partial charge in [-0.3, -0.25) is 4.79 Å². The third-order valence-electron chi connectivity index (χ3n) is 1.06. The van der Waals surface area contributed by atoms with Gasteiger partial charge in [0.2, 0.25) is 0 Å². The van der Waals surface area contributed by atoms with Crippen LogP contribution in [0, 0.1) is 0 Å². The van der Waals surface area contributed by atoms with Crippen LogP contribution >= 0.6 is 0 Å². The van der Waals surface area contributed by atoms with Crippen LogP contribution in [0.25, 0.3) is 6.08 Å². The molecule has 1 heterocycles. The van der Waals surface area contributed by atoms with Crippen molar-refractivity contribution in [1.82, 2.24) is 0 Å². The fourth-order valence-electron chi connectivity index (χ4n) is 0.616. The average molecular weight is 137 g/mol. The second-order valence-corrected chi connectivity index (χ2v) is 1.94. The van der Waals surface area contributed by atoms with Crippen LogP contribution in [0.2, 0.25) is 0 Å². The van der Waals surface area contributed by atoms with Gasteiger partial charge < -0.3 is 4.42 Å². The molecule has 2 heteroatoms. The first-order valence-electron chi connectivity index (χ1n) is 3.43. The molecular formula is C8H8O2. The number of hydrogen-bond donors (Lipinski definition) is 0. The summed E-state index contributed by atoms with van der Waals surface area (Å²) >= 11 is 0. The van der Waals surface area contributed by atoms with Crippen molar-refractivity contribution >= 4 is 12.3 Å². The Balaban J connectivity index is 2.82. The Morgan fingerprint density at radius 2 is 2.70 bits per heavy atom. The Morgan fingerprint density at radius 1 is 1.90 bits per heavy atom. The predicted molar refractivity (Wildman–Crippen MR) is 38.4 cm³/mol. The van der Waals surface area contributed by atoms with E-state index in [9.17, 15) is 4.79 Å². The summed E-state index contributed by atoms with van der Waals surface area (Å²) in [7, 11) is 0. The maximum Gasteiger partial charge on any atom is 0.145 e. The molecule has 0 aromatic carbocycles. The Labute approximate surface area is 60.6 Å². The van der Waals surface area contributed by atoms with Crippen molar-refractivity contribution in [2.75, 3.05) is 0 Å². The first-order chi connectivity index (χ1) is 5.20. The van der Waals surface area contributed by atoms with E-state index in [0.29, 0.717) is 11.3 Å². The SMILES string of the molecule is [2H]C(=O)/C(C)=C/c1ccco1. The van der Waals surface area contributed by atoms with Gasteiger partial charge >= 0.3 is 0 Å². The minimum atomic E-state index is -0.679. The zero-order valence-electron chi connectivity index (χ0n) is 6.63. The molecule has 1 rings (SSSR count). The number of aldehydes is 1. The zero-order chi connectivity index (χ0) is 8.27. The van der Waals surface area contributed by atoms with Gasteiger partial charge in [0.1, 0.15) is 13.4 Å². The molecule has 0 saturated heterocycles. The van der Waals surface area contributed by atoms with E-state index >= 15 is 0 Å². The van der Waals surface area contributed by atoms with Crippen molar-refractivity contribution in [2.24, 2.45) is 0 Å². The van der Waals surface area contributed by atoms with Crippen LogP contribution in [0.4, 0.5) is 0 Å². The van der Waals surface area contributed by atoms with Crippen molar-refractivity contribution in [1.29, 1.82) is 0 Å². The van der Waals surface area contributed by atoms with E-state index in [2.05, 4.69) is 0 Å². The van der Waals surface area contributed by atoms with E-state index in [4.69, 9.17) is 5.79 Å². The molecule has 0 bridgehead atoms. The van der Waals surface area contributed by atoms with Crippen molar-refractivity contribution in [3.8, 4) is 0 Å². The van der Waals surface area contributed by atoms with Crippen molar-refractivity contribution < 1.29 is 10.6 Å². The summed E-state index contributed by atoms with van der Waals surface area (Å²) in [5.74, 6) is 0.600. The Hall–Kier alpha value is -1.31. The molecule has 0 aliphatic heterocycles. The lowest BCUT2D eigenvalue weighted by Gasteiger charge is -1.83. The molecule has 0 aliphatic rings. The highest BCUT2D eigenvalue weighted by molar-refractivity contribution is 5.79. The van der Waals surface area contributed by atoms with Gasteiger partial charge in [-0.2, -0.15) is 0 Å².